The fourth-order valence-corrected chi connectivity index (χ4v) is 3.58. The smallest absolute Gasteiger partial charge is 0.230 e. The predicted molar refractivity (Wildman–Crippen MR) is 113 cm³/mol. The van der Waals surface area contributed by atoms with Crippen molar-refractivity contribution in [3.63, 3.8) is 0 Å². The van der Waals surface area contributed by atoms with Crippen molar-refractivity contribution in [1.29, 1.82) is 0 Å². The molecule has 1 N–H and O–H groups in total. The number of ether oxygens (including phenoxy) is 2. The van der Waals surface area contributed by atoms with Crippen LogP contribution in [0.4, 0.5) is 4.39 Å². The number of carbonyl (C=O) groups is 1. The number of rotatable bonds is 10. The fourth-order valence-electron chi connectivity index (χ4n) is 2.60. The predicted octanol–water partition coefficient (Wildman–Crippen LogP) is 5.39. The summed E-state index contributed by atoms with van der Waals surface area (Å²) in [5.74, 6) is 1.53. The van der Waals surface area contributed by atoms with E-state index in [4.69, 9.17) is 21.1 Å². The lowest BCUT2D eigenvalue weighted by molar-refractivity contribution is -0.119. The largest absolute Gasteiger partial charge is 0.490 e. The van der Waals surface area contributed by atoms with Gasteiger partial charge >= 0.3 is 0 Å². The molecule has 28 heavy (non-hydrogen) atoms. The molecule has 0 saturated heterocycles. The Labute approximate surface area is 174 Å². The van der Waals surface area contributed by atoms with Crippen LogP contribution in [-0.2, 0) is 10.5 Å². The maximum atomic E-state index is 13.8. The molecule has 7 heteroatoms. The van der Waals surface area contributed by atoms with E-state index in [0.29, 0.717) is 41.1 Å². The van der Waals surface area contributed by atoms with Gasteiger partial charge in [0.05, 0.1) is 25.0 Å². The second-order valence-corrected chi connectivity index (χ2v) is 7.51. The Morgan fingerprint density at radius 2 is 1.86 bits per heavy atom. The third kappa shape index (κ3) is 6.60. The Bertz CT molecular complexity index is 803. The molecule has 0 fully saturated rings. The lowest BCUT2D eigenvalue weighted by Crippen LogP contribution is -2.28. The van der Waals surface area contributed by atoms with Crippen LogP contribution >= 0.6 is 23.4 Å². The van der Waals surface area contributed by atoms with E-state index in [0.717, 1.165) is 5.56 Å². The number of halogens is 2. The highest BCUT2D eigenvalue weighted by Crippen LogP contribution is 2.30. The van der Waals surface area contributed by atoms with Gasteiger partial charge in [-0.2, -0.15) is 0 Å². The Hall–Kier alpha value is -1.92. The number of amides is 1. The molecule has 1 amide bonds. The Kier molecular flexibility index (Phi) is 8.93. The second-order valence-electron chi connectivity index (χ2n) is 6.09. The van der Waals surface area contributed by atoms with Gasteiger partial charge in [-0.05, 0) is 56.2 Å². The van der Waals surface area contributed by atoms with Gasteiger partial charge in [-0.15, -0.1) is 11.8 Å². The summed E-state index contributed by atoms with van der Waals surface area (Å²) < 4.78 is 25.0. The molecular weight excluding hydrogens is 401 g/mol. The van der Waals surface area contributed by atoms with E-state index in [1.807, 2.05) is 39.0 Å². The first-order chi connectivity index (χ1) is 13.4. The van der Waals surface area contributed by atoms with Gasteiger partial charge in [-0.25, -0.2) is 4.39 Å². The molecule has 4 nitrogen and oxygen atoms in total. The summed E-state index contributed by atoms with van der Waals surface area (Å²) in [6, 6.07) is 10.0. The normalized spacial score (nSPS) is 11.8. The maximum Gasteiger partial charge on any atom is 0.230 e. The lowest BCUT2D eigenvalue weighted by atomic mass is 10.1. The molecule has 0 bridgehead atoms. The quantitative estimate of drug-likeness (QED) is 0.554. The highest BCUT2D eigenvalue weighted by Gasteiger charge is 2.14. The van der Waals surface area contributed by atoms with E-state index in [1.54, 1.807) is 12.1 Å². The average Bonchev–Trinajstić information content (AvgIpc) is 2.65. The summed E-state index contributed by atoms with van der Waals surface area (Å²) >= 11 is 7.10. The topological polar surface area (TPSA) is 47.6 Å². The summed E-state index contributed by atoms with van der Waals surface area (Å²) in [4.78, 5) is 12.2. The molecule has 0 heterocycles. The number of hydrogen-bond acceptors (Lipinski definition) is 4. The van der Waals surface area contributed by atoms with Crippen molar-refractivity contribution in [3.05, 3.63) is 58.4 Å². The minimum absolute atomic E-state index is 0.112. The monoisotopic (exact) mass is 425 g/mol. The van der Waals surface area contributed by atoms with E-state index in [2.05, 4.69) is 5.32 Å². The van der Waals surface area contributed by atoms with Crippen molar-refractivity contribution >= 4 is 29.3 Å². The average molecular weight is 426 g/mol. The van der Waals surface area contributed by atoms with Crippen molar-refractivity contribution < 1.29 is 18.7 Å². The molecule has 0 aliphatic heterocycles. The molecule has 2 rings (SSSR count). The molecule has 1 atom stereocenters. The molecule has 2 aromatic rings. The third-order valence-electron chi connectivity index (χ3n) is 3.95. The number of thioether (sulfide) groups is 1. The van der Waals surface area contributed by atoms with E-state index < -0.39 is 0 Å². The number of carbonyl (C=O) groups excluding carboxylic acids is 1. The zero-order valence-corrected chi connectivity index (χ0v) is 17.8. The molecule has 0 radical (unpaired) electrons. The van der Waals surface area contributed by atoms with Crippen molar-refractivity contribution in [1.82, 2.24) is 5.32 Å². The zero-order valence-electron chi connectivity index (χ0n) is 16.3. The van der Waals surface area contributed by atoms with E-state index in [9.17, 15) is 9.18 Å². The Morgan fingerprint density at radius 1 is 1.14 bits per heavy atom. The molecule has 0 aromatic heterocycles. The van der Waals surface area contributed by atoms with E-state index in [-0.39, 0.29) is 23.5 Å². The van der Waals surface area contributed by atoms with Crippen LogP contribution in [0, 0.1) is 5.82 Å². The van der Waals surface area contributed by atoms with Crippen LogP contribution in [0.15, 0.2) is 36.4 Å². The van der Waals surface area contributed by atoms with Gasteiger partial charge in [0, 0.05) is 10.8 Å². The fraction of sp³-hybridized carbons (Fsp3) is 0.381. The first-order valence-electron chi connectivity index (χ1n) is 9.15. The van der Waals surface area contributed by atoms with Gasteiger partial charge < -0.3 is 14.8 Å². The number of benzene rings is 2. The van der Waals surface area contributed by atoms with Gasteiger partial charge in [-0.1, -0.05) is 23.7 Å². The molecule has 0 aliphatic carbocycles. The van der Waals surface area contributed by atoms with Crippen molar-refractivity contribution in [2.45, 2.75) is 32.6 Å². The molecular formula is C21H25ClFNO3S. The molecule has 0 spiro atoms. The van der Waals surface area contributed by atoms with Gasteiger partial charge in [0.2, 0.25) is 5.91 Å². The van der Waals surface area contributed by atoms with Crippen LogP contribution < -0.4 is 14.8 Å². The molecule has 0 aliphatic rings. The van der Waals surface area contributed by atoms with Gasteiger partial charge in [-0.3, -0.25) is 4.79 Å². The zero-order chi connectivity index (χ0) is 20.5. The Morgan fingerprint density at radius 3 is 2.54 bits per heavy atom. The first kappa shape index (κ1) is 22.4. The summed E-state index contributed by atoms with van der Waals surface area (Å²) in [6.07, 6.45) is 0. The first-order valence-corrected chi connectivity index (χ1v) is 10.7. The summed E-state index contributed by atoms with van der Waals surface area (Å²) in [5.41, 5.74) is 1.46. The molecule has 152 valence electrons. The maximum absolute atomic E-state index is 13.8. The molecule has 0 saturated carbocycles. The van der Waals surface area contributed by atoms with Crippen LogP contribution in [0.25, 0.3) is 0 Å². The van der Waals surface area contributed by atoms with Crippen LogP contribution in [0.3, 0.4) is 0 Å². The molecule has 2 aromatic carbocycles. The van der Waals surface area contributed by atoms with Crippen LogP contribution in [0.5, 0.6) is 11.5 Å². The van der Waals surface area contributed by atoms with Gasteiger partial charge in [0.1, 0.15) is 5.82 Å². The lowest BCUT2D eigenvalue weighted by Gasteiger charge is -2.17. The second kappa shape index (κ2) is 11.2. The van der Waals surface area contributed by atoms with Crippen molar-refractivity contribution in [2.75, 3.05) is 19.0 Å². The third-order valence-corrected chi connectivity index (χ3v) is 5.17. The summed E-state index contributed by atoms with van der Waals surface area (Å²) in [7, 11) is 0. The SMILES string of the molecule is CCOc1ccc(C(C)NC(=O)CSCc2ccc(Cl)cc2F)cc1OCC. The Balaban J connectivity index is 1.90. The number of hydrogen-bond donors (Lipinski definition) is 1. The van der Waals surface area contributed by atoms with Gasteiger partial charge in [0.15, 0.2) is 11.5 Å². The van der Waals surface area contributed by atoms with Crippen LogP contribution in [0.1, 0.15) is 37.9 Å². The van der Waals surface area contributed by atoms with Crippen LogP contribution in [0.2, 0.25) is 5.02 Å². The number of nitrogens with one attached hydrogen (secondary N) is 1. The van der Waals surface area contributed by atoms with Gasteiger partial charge in [0.25, 0.3) is 0 Å². The van der Waals surface area contributed by atoms with Crippen LogP contribution in [-0.4, -0.2) is 24.9 Å². The van der Waals surface area contributed by atoms with E-state index in [1.165, 1.54) is 17.8 Å². The minimum Gasteiger partial charge on any atom is -0.490 e. The standard InChI is InChI=1S/C21H25ClFNO3S/c1-4-26-19-9-7-15(10-20(19)27-5-2)14(3)24-21(25)13-28-12-16-6-8-17(22)11-18(16)23/h6-11,14H,4-5,12-13H2,1-3H3,(H,24,25). The summed E-state index contributed by atoms with van der Waals surface area (Å²) in [6.45, 7) is 6.82. The van der Waals surface area contributed by atoms with Crippen molar-refractivity contribution in [3.8, 4) is 11.5 Å². The highest BCUT2D eigenvalue weighted by atomic mass is 35.5. The van der Waals surface area contributed by atoms with Crippen molar-refractivity contribution in [2.24, 2.45) is 0 Å². The summed E-state index contributed by atoms with van der Waals surface area (Å²) in [5, 5.41) is 3.32. The van der Waals surface area contributed by atoms with E-state index >= 15 is 0 Å². The highest BCUT2D eigenvalue weighted by molar-refractivity contribution is 7.99. The minimum atomic E-state index is -0.355. The molecule has 1 unspecified atom stereocenters.